The summed E-state index contributed by atoms with van der Waals surface area (Å²) in [5.41, 5.74) is 8.73. The third-order valence-electron chi connectivity index (χ3n) is 2.83. The van der Waals surface area contributed by atoms with Crippen LogP contribution in [0.4, 0.5) is 17.2 Å². The van der Waals surface area contributed by atoms with E-state index < -0.39 is 4.92 Å². The van der Waals surface area contributed by atoms with E-state index in [0.717, 1.165) is 23.0 Å². The molecule has 0 bridgehead atoms. The number of nitrogens with zero attached hydrogens (tertiary/aromatic N) is 3. The summed E-state index contributed by atoms with van der Waals surface area (Å²) >= 11 is 0. The molecule has 7 nitrogen and oxygen atoms in total. The van der Waals surface area contributed by atoms with Gasteiger partial charge < -0.3 is 11.1 Å². The smallest absolute Gasteiger partial charge is 0.287 e. The minimum absolute atomic E-state index is 0.0880. The second-order valence-corrected chi connectivity index (χ2v) is 4.57. The predicted octanol–water partition coefficient (Wildman–Crippen LogP) is 2.66. The van der Waals surface area contributed by atoms with E-state index in [1.807, 2.05) is 32.0 Å². The Morgan fingerprint density at radius 1 is 1.33 bits per heavy atom. The highest BCUT2D eigenvalue weighted by molar-refractivity contribution is 5.94. The zero-order valence-corrected chi connectivity index (χ0v) is 11.7. The van der Waals surface area contributed by atoms with Gasteiger partial charge in [-0.25, -0.2) is 4.98 Å². The Morgan fingerprint density at radius 2 is 2.10 bits per heavy atom. The average molecular weight is 285 g/mol. The Bertz CT molecular complexity index is 695. The van der Waals surface area contributed by atoms with E-state index in [0.29, 0.717) is 5.82 Å². The fourth-order valence-electron chi connectivity index (χ4n) is 1.71. The monoisotopic (exact) mass is 285 g/mol. The van der Waals surface area contributed by atoms with E-state index in [-0.39, 0.29) is 11.6 Å². The minimum atomic E-state index is -0.516. The Balaban J connectivity index is 2.17. The zero-order valence-electron chi connectivity index (χ0n) is 11.7. The maximum Gasteiger partial charge on any atom is 0.287 e. The molecule has 108 valence electrons. The Morgan fingerprint density at radius 3 is 2.71 bits per heavy atom. The topological polar surface area (TPSA) is 106 Å². The van der Waals surface area contributed by atoms with Gasteiger partial charge in [-0.3, -0.25) is 10.1 Å². The summed E-state index contributed by atoms with van der Waals surface area (Å²) in [5.74, 6) is 0.473. The largest absolute Gasteiger partial charge is 0.369 e. The molecule has 0 spiro atoms. The van der Waals surface area contributed by atoms with Gasteiger partial charge >= 0.3 is 0 Å². The Labute approximate surface area is 121 Å². The number of guanidine groups is 1. The number of hydrogen-bond donors (Lipinski definition) is 2. The second-order valence-electron chi connectivity index (χ2n) is 4.57. The van der Waals surface area contributed by atoms with Gasteiger partial charge in [-0.05, 0) is 37.1 Å². The van der Waals surface area contributed by atoms with Gasteiger partial charge in [-0.15, -0.1) is 0 Å². The van der Waals surface area contributed by atoms with Crippen LogP contribution in [-0.2, 0) is 0 Å². The number of aliphatic imine (C=N–C) groups is 1. The van der Waals surface area contributed by atoms with E-state index in [1.165, 1.54) is 12.1 Å². The molecule has 0 unspecified atom stereocenters. The Kier molecular flexibility index (Phi) is 4.13. The normalized spacial score (nSPS) is 11.2. The summed E-state index contributed by atoms with van der Waals surface area (Å²) in [4.78, 5) is 18.0. The van der Waals surface area contributed by atoms with E-state index in [4.69, 9.17) is 5.73 Å². The zero-order chi connectivity index (χ0) is 15.4. The second kappa shape index (κ2) is 6.00. The van der Waals surface area contributed by atoms with Gasteiger partial charge in [-0.2, -0.15) is 4.99 Å². The quantitative estimate of drug-likeness (QED) is 0.390. The van der Waals surface area contributed by atoms with Crippen LogP contribution in [0, 0.1) is 24.0 Å². The van der Waals surface area contributed by atoms with Crippen LogP contribution in [0.15, 0.2) is 41.5 Å². The molecule has 3 N–H and O–H groups in total. The van der Waals surface area contributed by atoms with Crippen LogP contribution in [0.2, 0.25) is 0 Å². The van der Waals surface area contributed by atoms with Crippen molar-refractivity contribution in [1.29, 1.82) is 0 Å². The van der Waals surface area contributed by atoms with Crippen molar-refractivity contribution in [2.75, 3.05) is 5.32 Å². The van der Waals surface area contributed by atoms with Gasteiger partial charge in [0.15, 0.2) is 11.8 Å². The van der Waals surface area contributed by atoms with Crippen molar-refractivity contribution in [3.63, 3.8) is 0 Å². The summed E-state index contributed by atoms with van der Waals surface area (Å²) in [6, 6.07) is 8.72. The maximum absolute atomic E-state index is 10.5. The molecule has 0 saturated carbocycles. The number of nitro groups is 1. The minimum Gasteiger partial charge on any atom is -0.369 e. The van der Waals surface area contributed by atoms with Crippen molar-refractivity contribution in [2.45, 2.75) is 13.8 Å². The molecule has 1 aromatic carbocycles. The van der Waals surface area contributed by atoms with Gasteiger partial charge in [-0.1, -0.05) is 12.1 Å². The molecule has 0 saturated heterocycles. The van der Waals surface area contributed by atoms with Crippen LogP contribution in [0.1, 0.15) is 11.1 Å². The van der Waals surface area contributed by atoms with Crippen LogP contribution in [0.5, 0.6) is 0 Å². The summed E-state index contributed by atoms with van der Waals surface area (Å²) < 4.78 is 0. The van der Waals surface area contributed by atoms with Crippen LogP contribution in [0.25, 0.3) is 0 Å². The summed E-state index contributed by atoms with van der Waals surface area (Å²) in [6.45, 7) is 3.94. The number of pyridine rings is 1. The molecule has 0 fully saturated rings. The molecular formula is C14H15N5O2. The molecule has 2 aromatic rings. The fraction of sp³-hybridized carbons (Fsp3) is 0.143. The van der Waals surface area contributed by atoms with Crippen molar-refractivity contribution in [3.05, 3.63) is 57.8 Å². The van der Waals surface area contributed by atoms with Crippen molar-refractivity contribution < 1.29 is 4.92 Å². The van der Waals surface area contributed by atoms with Gasteiger partial charge in [0.25, 0.3) is 5.69 Å². The van der Waals surface area contributed by atoms with E-state index >= 15 is 0 Å². The molecular weight excluding hydrogens is 270 g/mol. The lowest BCUT2D eigenvalue weighted by Gasteiger charge is -2.09. The molecule has 7 heteroatoms. The van der Waals surface area contributed by atoms with Crippen LogP contribution < -0.4 is 11.1 Å². The third-order valence-corrected chi connectivity index (χ3v) is 2.83. The lowest BCUT2D eigenvalue weighted by Crippen LogP contribution is -2.22. The molecule has 1 heterocycles. The Hall–Kier alpha value is -2.96. The number of nitrogens with two attached hydrogens (primary N) is 1. The van der Waals surface area contributed by atoms with Crippen molar-refractivity contribution in [3.8, 4) is 0 Å². The number of aryl methyl sites for hydroxylation is 2. The SMILES string of the molecule is Cc1ccc(C)c(NC(N)=Nc2ccc([N+](=O)[O-])cn2)c1. The maximum atomic E-state index is 10.5. The van der Waals surface area contributed by atoms with E-state index in [1.54, 1.807) is 0 Å². The molecule has 0 aliphatic heterocycles. The molecule has 0 aliphatic rings. The number of benzene rings is 1. The highest BCUT2D eigenvalue weighted by Gasteiger charge is 2.05. The number of anilines is 1. The molecule has 0 amide bonds. The lowest BCUT2D eigenvalue weighted by atomic mass is 10.1. The molecule has 0 aliphatic carbocycles. The van der Waals surface area contributed by atoms with Gasteiger partial charge in [0.1, 0.15) is 6.20 Å². The predicted molar refractivity (Wildman–Crippen MR) is 81.7 cm³/mol. The average Bonchev–Trinajstić information content (AvgIpc) is 2.43. The molecule has 1 aromatic heterocycles. The van der Waals surface area contributed by atoms with Crippen molar-refractivity contribution >= 4 is 23.2 Å². The first-order chi connectivity index (χ1) is 9.95. The molecule has 2 rings (SSSR count). The number of nitrogens with one attached hydrogen (secondary N) is 1. The van der Waals surface area contributed by atoms with Crippen molar-refractivity contribution in [1.82, 2.24) is 4.98 Å². The number of hydrogen-bond acceptors (Lipinski definition) is 4. The summed E-state index contributed by atoms with van der Waals surface area (Å²) in [6.07, 6.45) is 1.14. The van der Waals surface area contributed by atoms with Gasteiger partial charge in [0.2, 0.25) is 0 Å². The molecule has 0 atom stereocenters. The van der Waals surface area contributed by atoms with Crippen molar-refractivity contribution in [2.24, 2.45) is 10.7 Å². The van der Waals surface area contributed by atoms with Gasteiger partial charge in [0.05, 0.1) is 4.92 Å². The standard InChI is InChI=1S/C14H15N5O2/c1-9-3-4-10(2)12(7-9)17-14(15)18-13-6-5-11(8-16-13)19(20)21/h3-8H,1-2H3,(H3,15,16,17,18). The van der Waals surface area contributed by atoms with E-state index in [2.05, 4.69) is 15.3 Å². The first kappa shape index (κ1) is 14.4. The van der Waals surface area contributed by atoms with Crippen LogP contribution in [-0.4, -0.2) is 15.9 Å². The number of aromatic nitrogens is 1. The van der Waals surface area contributed by atoms with Crippen LogP contribution in [0.3, 0.4) is 0 Å². The number of rotatable bonds is 3. The molecule has 21 heavy (non-hydrogen) atoms. The van der Waals surface area contributed by atoms with E-state index in [9.17, 15) is 10.1 Å². The first-order valence-corrected chi connectivity index (χ1v) is 6.24. The first-order valence-electron chi connectivity index (χ1n) is 6.24. The lowest BCUT2D eigenvalue weighted by molar-refractivity contribution is -0.385. The highest BCUT2D eigenvalue weighted by Crippen LogP contribution is 2.17. The third kappa shape index (κ3) is 3.75. The summed E-state index contributed by atoms with van der Waals surface area (Å²) in [5, 5.41) is 13.5. The fourth-order valence-corrected chi connectivity index (χ4v) is 1.71. The highest BCUT2D eigenvalue weighted by atomic mass is 16.6. The summed E-state index contributed by atoms with van der Waals surface area (Å²) in [7, 11) is 0. The van der Waals surface area contributed by atoms with Gasteiger partial charge in [0, 0.05) is 11.8 Å². The molecule has 0 radical (unpaired) electrons. The van der Waals surface area contributed by atoms with Crippen LogP contribution >= 0.6 is 0 Å².